The fraction of sp³-hybridized carbons (Fsp3) is 0.192. The van der Waals surface area contributed by atoms with Crippen LogP contribution in [0.5, 0.6) is 0 Å². The molecule has 2 aromatic carbocycles. The van der Waals surface area contributed by atoms with Crippen molar-refractivity contribution in [1.29, 1.82) is 0 Å². The summed E-state index contributed by atoms with van der Waals surface area (Å²) >= 11 is 0. The molecule has 4 heterocycles. The molecule has 0 aliphatic carbocycles. The molecule has 0 spiro atoms. The second kappa shape index (κ2) is 9.11. The zero-order valence-electron chi connectivity index (χ0n) is 19.3. The number of aryl methyl sites for hydroxylation is 1. The van der Waals surface area contributed by atoms with Gasteiger partial charge in [-0.2, -0.15) is 19.6 Å². The van der Waals surface area contributed by atoms with E-state index >= 15 is 0 Å². The van der Waals surface area contributed by atoms with E-state index in [4.69, 9.17) is 19.8 Å². The summed E-state index contributed by atoms with van der Waals surface area (Å²) in [5.74, 6) is 2.59. The van der Waals surface area contributed by atoms with E-state index in [1.807, 2.05) is 48.5 Å². The van der Waals surface area contributed by atoms with Gasteiger partial charge in [-0.05, 0) is 24.6 Å². The fourth-order valence-electron chi connectivity index (χ4n) is 4.26. The van der Waals surface area contributed by atoms with Crippen LogP contribution < -0.4 is 10.3 Å². The molecule has 174 valence electrons. The minimum atomic E-state index is 0.498. The van der Waals surface area contributed by atoms with Crippen molar-refractivity contribution in [1.82, 2.24) is 24.6 Å². The zero-order valence-corrected chi connectivity index (χ0v) is 19.3. The number of rotatable bonds is 5. The van der Waals surface area contributed by atoms with Crippen LogP contribution in [0.4, 0.5) is 11.6 Å². The van der Waals surface area contributed by atoms with Crippen molar-refractivity contribution in [2.75, 3.05) is 36.6 Å². The van der Waals surface area contributed by atoms with Crippen molar-refractivity contribution < 1.29 is 4.74 Å². The normalized spacial score (nSPS) is 14.3. The number of nitrogens with zero attached hydrogens (tertiary/aromatic N) is 7. The minimum Gasteiger partial charge on any atom is -0.378 e. The molecule has 0 amide bonds. The largest absolute Gasteiger partial charge is 0.378 e. The number of anilines is 2. The Hall–Kier alpha value is -4.37. The Labute approximate surface area is 202 Å². The maximum absolute atomic E-state index is 5.56. The Morgan fingerprint density at radius 3 is 2.77 bits per heavy atom. The number of aromatic nitrogens is 5. The highest BCUT2D eigenvalue weighted by molar-refractivity contribution is 5.92. The van der Waals surface area contributed by atoms with Gasteiger partial charge in [-0.25, -0.2) is 0 Å². The molecule has 6 rings (SSSR count). The van der Waals surface area contributed by atoms with Gasteiger partial charge < -0.3 is 9.64 Å². The molecule has 1 fully saturated rings. The highest BCUT2D eigenvalue weighted by Crippen LogP contribution is 2.27. The number of hydrazone groups is 1. The van der Waals surface area contributed by atoms with Crippen molar-refractivity contribution in [2.24, 2.45) is 5.10 Å². The SMILES string of the molecule is Cc1cccc(/C=N/Nc2cc(N3CCOCC3)n3nc(-c4ccnc5ccccc45)nc3n2)c1. The number of fused-ring (bicyclic) bond motifs is 2. The summed E-state index contributed by atoms with van der Waals surface area (Å²) in [5, 5.41) is 10.3. The van der Waals surface area contributed by atoms with E-state index in [0.29, 0.717) is 30.6 Å². The monoisotopic (exact) mass is 464 g/mol. The van der Waals surface area contributed by atoms with Gasteiger partial charge in [-0.1, -0.05) is 48.0 Å². The Morgan fingerprint density at radius 2 is 1.89 bits per heavy atom. The lowest BCUT2D eigenvalue weighted by Gasteiger charge is -2.28. The number of ether oxygens (including phenoxy) is 1. The average molecular weight is 465 g/mol. The first kappa shape index (κ1) is 21.2. The number of nitrogens with one attached hydrogen (secondary N) is 1. The average Bonchev–Trinajstić information content (AvgIpc) is 3.32. The highest BCUT2D eigenvalue weighted by atomic mass is 16.5. The van der Waals surface area contributed by atoms with Gasteiger partial charge in [0.25, 0.3) is 5.78 Å². The molecule has 0 bridgehead atoms. The van der Waals surface area contributed by atoms with Crippen LogP contribution in [0.15, 0.2) is 72.0 Å². The predicted octanol–water partition coefficient (Wildman–Crippen LogP) is 3.93. The molecule has 1 aliphatic rings. The quantitative estimate of drug-likeness (QED) is 0.311. The van der Waals surface area contributed by atoms with Crippen molar-refractivity contribution in [3.8, 4) is 11.4 Å². The maximum Gasteiger partial charge on any atom is 0.256 e. The Kier molecular flexibility index (Phi) is 5.51. The molecule has 0 unspecified atom stereocenters. The number of hydrogen-bond acceptors (Lipinski definition) is 8. The van der Waals surface area contributed by atoms with Crippen molar-refractivity contribution >= 4 is 34.5 Å². The van der Waals surface area contributed by atoms with Gasteiger partial charge >= 0.3 is 0 Å². The third-order valence-corrected chi connectivity index (χ3v) is 5.95. The second-order valence-corrected chi connectivity index (χ2v) is 8.41. The van der Waals surface area contributed by atoms with Crippen LogP contribution in [0.1, 0.15) is 11.1 Å². The van der Waals surface area contributed by atoms with E-state index in [9.17, 15) is 0 Å². The first-order chi connectivity index (χ1) is 17.2. The van der Waals surface area contributed by atoms with E-state index in [2.05, 4.69) is 39.5 Å². The number of pyridine rings is 1. The lowest BCUT2D eigenvalue weighted by molar-refractivity contribution is 0.122. The number of hydrogen-bond donors (Lipinski definition) is 1. The van der Waals surface area contributed by atoms with Gasteiger partial charge in [0.2, 0.25) is 0 Å². The number of benzene rings is 2. The van der Waals surface area contributed by atoms with E-state index in [-0.39, 0.29) is 0 Å². The van der Waals surface area contributed by atoms with Gasteiger partial charge in [0.05, 0.1) is 24.9 Å². The smallest absolute Gasteiger partial charge is 0.256 e. The van der Waals surface area contributed by atoms with Crippen LogP contribution in [0.2, 0.25) is 0 Å². The topological polar surface area (TPSA) is 92.8 Å². The summed E-state index contributed by atoms with van der Waals surface area (Å²) in [4.78, 5) is 16.2. The van der Waals surface area contributed by atoms with E-state index < -0.39 is 0 Å². The van der Waals surface area contributed by atoms with Crippen molar-refractivity contribution in [2.45, 2.75) is 6.92 Å². The molecule has 1 saturated heterocycles. The molecule has 0 radical (unpaired) electrons. The van der Waals surface area contributed by atoms with E-state index in [1.165, 1.54) is 5.56 Å². The number of para-hydroxylation sites is 1. The first-order valence-electron chi connectivity index (χ1n) is 11.5. The lowest BCUT2D eigenvalue weighted by Crippen LogP contribution is -2.37. The summed E-state index contributed by atoms with van der Waals surface area (Å²) in [6.45, 7) is 4.91. The molecular formula is C26H24N8O. The fourth-order valence-corrected chi connectivity index (χ4v) is 4.26. The molecular weight excluding hydrogens is 440 g/mol. The molecule has 0 atom stereocenters. The molecule has 3 aromatic heterocycles. The Morgan fingerprint density at radius 1 is 1.00 bits per heavy atom. The summed E-state index contributed by atoms with van der Waals surface area (Å²) in [6, 6.07) is 20.0. The van der Waals surface area contributed by atoms with E-state index in [1.54, 1.807) is 16.9 Å². The van der Waals surface area contributed by atoms with Crippen molar-refractivity contribution in [3.63, 3.8) is 0 Å². The van der Waals surface area contributed by atoms with Gasteiger partial charge in [0, 0.05) is 36.3 Å². The van der Waals surface area contributed by atoms with Crippen LogP contribution in [0, 0.1) is 6.92 Å². The minimum absolute atomic E-state index is 0.498. The lowest BCUT2D eigenvalue weighted by atomic mass is 10.1. The first-order valence-corrected chi connectivity index (χ1v) is 11.5. The Balaban J connectivity index is 1.41. The van der Waals surface area contributed by atoms with Gasteiger partial charge in [0.15, 0.2) is 11.6 Å². The second-order valence-electron chi connectivity index (χ2n) is 8.41. The maximum atomic E-state index is 5.56. The Bertz CT molecular complexity index is 1530. The molecule has 9 nitrogen and oxygen atoms in total. The summed E-state index contributed by atoms with van der Waals surface area (Å²) < 4.78 is 7.36. The predicted molar refractivity (Wildman–Crippen MR) is 137 cm³/mol. The summed E-state index contributed by atoms with van der Waals surface area (Å²) in [6.07, 6.45) is 3.57. The highest BCUT2D eigenvalue weighted by Gasteiger charge is 2.20. The molecule has 5 aromatic rings. The van der Waals surface area contributed by atoms with Crippen LogP contribution in [0.3, 0.4) is 0 Å². The van der Waals surface area contributed by atoms with Crippen LogP contribution in [0.25, 0.3) is 28.1 Å². The third kappa shape index (κ3) is 4.29. The molecule has 9 heteroatoms. The van der Waals surface area contributed by atoms with Crippen molar-refractivity contribution in [3.05, 3.63) is 78.0 Å². The van der Waals surface area contributed by atoms with Gasteiger partial charge in [-0.15, -0.1) is 5.10 Å². The molecule has 1 N–H and O–H groups in total. The van der Waals surface area contributed by atoms with Crippen LogP contribution in [-0.4, -0.2) is 57.1 Å². The van der Waals surface area contributed by atoms with Gasteiger partial charge in [0.1, 0.15) is 5.82 Å². The molecule has 35 heavy (non-hydrogen) atoms. The molecule has 1 aliphatic heterocycles. The number of morpholine rings is 1. The van der Waals surface area contributed by atoms with E-state index in [0.717, 1.165) is 40.9 Å². The van der Waals surface area contributed by atoms with Crippen LogP contribution in [-0.2, 0) is 4.74 Å². The molecule has 0 saturated carbocycles. The van der Waals surface area contributed by atoms with Crippen LogP contribution >= 0.6 is 0 Å². The van der Waals surface area contributed by atoms with Gasteiger partial charge in [-0.3, -0.25) is 10.4 Å². The zero-order chi connectivity index (χ0) is 23.6. The standard InChI is InChI=1S/C26H24N8O/c1-18-5-4-6-19(15-18)17-28-31-23-16-24(33-11-13-35-14-12-33)34-26(29-23)30-25(32-34)21-9-10-27-22-8-3-2-7-20(21)22/h2-10,15-17H,11-14H2,1H3,(H,29,30,31,32)/b28-17+. The third-order valence-electron chi connectivity index (χ3n) is 5.95. The summed E-state index contributed by atoms with van der Waals surface area (Å²) in [7, 11) is 0. The summed E-state index contributed by atoms with van der Waals surface area (Å²) in [5.41, 5.74) is 7.09.